The van der Waals surface area contributed by atoms with Crippen molar-refractivity contribution in [2.75, 3.05) is 0 Å². The molecule has 65 heavy (non-hydrogen) atoms. The number of benzene rings is 2. The second-order valence-electron chi connectivity index (χ2n) is 19.0. The molecule has 8 bridgehead atoms. The van der Waals surface area contributed by atoms with Gasteiger partial charge in [0, 0.05) is 35.4 Å². The first kappa shape index (κ1) is 48.9. The molecule has 0 fully saturated rings. The van der Waals surface area contributed by atoms with Crippen molar-refractivity contribution in [1.29, 1.82) is 0 Å². The van der Waals surface area contributed by atoms with Gasteiger partial charge >= 0.3 is 23.1 Å². The van der Waals surface area contributed by atoms with E-state index in [1.807, 2.05) is 60.7 Å². The number of H-pyrrole nitrogens is 2. The number of aromatic nitrogens is 4. The summed E-state index contributed by atoms with van der Waals surface area (Å²) in [5.41, 5.74) is 22.7. The van der Waals surface area contributed by atoms with E-state index < -0.39 is 16.1 Å². The van der Waals surface area contributed by atoms with Gasteiger partial charge in [0.05, 0.1) is 22.3 Å². The predicted octanol–water partition coefficient (Wildman–Crippen LogP) is 12.3. The van der Waals surface area contributed by atoms with E-state index in [-0.39, 0.29) is 23.1 Å². The zero-order chi connectivity index (χ0) is 45.8. The van der Waals surface area contributed by atoms with E-state index in [1.54, 1.807) is 0 Å². The van der Waals surface area contributed by atoms with Crippen LogP contribution in [0.3, 0.4) is 0 Å². The Labute approximate surface area is 406 Å². The van der Waals surface area contributed by atoms with Crippen LogP contribution in [0.25, 0.3) is 46.4 Å². The van der Waals surface area contributed by atoms with Gasteiger partial charge in [-0.25, -0.2) is 9.97 Å². The third-order valence-electron chi connectivity index (χ3n) is 13.5. The molecule has 0 saturated heterocycles. The van der Waals surface area contributed by atoms with Crippen molar-refractivity contribution >= 4 is 85.6 Å². The smallest absolute Gasteiger partial charge is 0.655 e. The molecule has 0 radical (unpaired) electrons. The molecule has 4 nitrogen and oxygen atoms in total. The Hall–Kier alpha value is -5.52. The Balaban J connectivity index is 0.00000700. The van der Waals surface area contributed by atoms with E-state index in [4.69, 9.17) is 9.97 Å². The maximum absolute atomic E-state index is 5.39. The van der Waals surface area contributed by atoms with E-state index in [0.29, 0.717) is 33.2 Å². The summed E-state index contributed by atoms with van der Waals surface area (Å²) in [4.78, 5) is 18.4. The molecule has 0 saturated carbocycles. The van der Waals surface area contributed by atoms with Crippen molar-refractivity contribution in [3.63, 3.8) is 0 Å². The van der Waals surface area contributed by atoms with Gasteiger partial charge in [-0.1, -0.05) is 179 Å². The minimum atomic E-state index is -2.12. The van der Waals surface area contributed by atoms with Gasteiger partial charge in [-0.2, -0.15) is 0 Å². The van der Waals surface area contributed by atoms with E-state index in [1.165, 1.54) is 0 Å². The molecule has 2 aliphatic heterocycles. The SMILES string of the molecule is CC(C)[Si](C#Cc1c2[nH+]c(c(C#Cc3ccccc3)c3ccc([n-]3)c(C#C[Si](C(C)C)(C(C)C)C(C)C)c3[nH+]c(c(C#Cc4ccccc4)c4ccc1[n-]4)C=C3)C=C2)(C(C)C)C(C)C.[Mg+2]. The molecular formula is C58H62MgN4Si2+2. The minimum absolute atomic E-state index is 0. The molecule has 322 valence electrons. The molecule has 0 unspecified atom stereocenters. The average Bonchev–Trinajstić information content (AvgIpc) is 4.11. The van der Waals surface area contributed by atoms with Crippen molar-refractivity contribution < 1.29 is 9.97 Å². The van der Waals surface area contributed by atoms with Gasteiger partial charge in [0.1, 0.15) is 16.1 Å². The van der Waals surface area contributed by atoms with Crippen LogP contribution in [0.15, 0.2) is 84.9 Å². The van der Waals surface area contributed by atoms with Crippen LogP contribution in [0.2, 0.25) is 33.2 Å². The summed E-state index contributed by atoms with van der Waals surface area (Å²) in [7, 11) is -4.25. The predicted molar refractivity (Wildman–Crippen MR) is 281 cm³/mol. The van der Waals surface area contributed by atoms with Crippen LogP contribution in [0.4, 0.5) is 0 Å². The average molecular weight is 896 g/mol. The number of fused-ring (bicyclic) bond motifs is 8. The molecular weight excluding hydrogens is 833 g/mol. The van der Waals surface area contributed by atoms with Crippen molar-refractivity contribution in [1.82, 2.24) is 9.97 Å². The van der Waals surface area contributed by atoms with Gasteiger partial charge < -0.3 is 9.97 Å². The fourth-order valence-corrected chi connectivity index (χ4v) is 20.7. The molecule has 0 amide bonds. The van der Waals surface area contributed by atoms with Crippen molar-refractivity contribution in [2.24, 2.45) is 0 Å². The van der Waals surface area contributed by atoms with Crippen LogP contribution in [-0.2, 0) is 0 Å². The molecule has 5 aromatic rings. The molecule has 0 spiro atoms. The van der Waals surface area contributed by atoms with Gasteiger partial charge in [0.15, 0.2) is 0 Å². The monoisotopic (exact) mass is 894 g/mol. The number of nitrogens with zero attached hydrogens (tertiary/aromatic N) is 2. The van der Waals surface area contributed by atoms with Gasteiger partial charge in [0.25, 0.3) is 0 Å². The Morgan fingerprint density at radius 1 is 0.354 bits per heavy atom. The first-order chi connectivity index (χ1) is 30.6. The van der Waals surface area contributed by atoms with Crippen LogP contribution < -0.4 is 19.9 Å². The van der Waals surface area contributed by atoms with Gasteiger partial charge in [-0.3, -0.25) is 0 Å². The quantitative estimate of drug-likeness (QED) is 0.123. The normalized spacial score (nSPS) is 12.1. The Morgan fingerprint density at radius 3 is 0.877 bits per heavy atom. The molecule has 2 aromatic carbocycles. The van der Waals surface area contributed by atoms with E-state index in [9.17, 15) is 0 Å². The molecule has 7 heteroatoms. The van der Waals surface area contributed by atoms with Crippen LogP contribution in [0.1, 0.15) is 139 Å². The fourth-order valence-electron chi connectivity index (χ4n) is 10.3. The molecule has 2 N–H and O–H groups in total. The fraction of sp³-hybridized carbons (Fsp3) is 0.310. The molecule has 0 atom stereocenters. The van der Waals surface area contributed by atoms with Gasteiger partial charge in [-0.05, 0) is 57.5 Å². The maximum atomic E-state index is 5.39. The zero-order valence-corrected chi connectivity index (χ0v) is 43.9. The van der Waals surface area contributed by atoms with E-state index in [2.05, 4.69) is 188 Å². The third kappa shape index (κ3) is 10.0. The van der Waals surface area contributed by atoms with Crippen LogP contribution in [0.5, 0.6) is 0 Å². The largest absolute Gasteiger partial charge is 2.00 e. The van der Waals surface area contributed by atoms with Gasteiger partial charge in [0.2, 0.25) is 22.8 Å². The summed E-state index contributed by atoms with van der Waals surface area (Å²) in [6.07, 6.45) is 8.46. The Morgan fingerprint density at radius 2 is 0.615 bits per heavy atom. The van der Waals surface area contributed by atoms with E-state index >= 15 is 0 Å². The topological polar surface area (TPSA) is 56.5 Å². The summed E-state index contributed by atoms with van der Waals surface area (Å²) in [6.45, 7) is 28.2. The molecule has 5 heterocycles. The second kappa shape index (κ2) is 20.8. The summed E-state index contributed by atoms with van der Waals surface area (Å²) in [5, 5.41) is 0. The number of nitrogens with one attached hydrogen (secondary N) is 2. The first-order valence-electron chi connectivity index (χ1n) is 23.0. The molecule has 3 aromatic heterocycles. The van der Waals surface area contributed by atoms with Crippen LogP contribution >= 0.6 is 0 Å². The standard InChI is InChI=1S/C58H60N4Si2.Mg/c1-39(2)63(40(3)4,41(5)6)37-35-49-55-31-27-51(59-55)47(25-23-45-19-15-13-16-20-45)53-29-33-57(61-53)50(36-38-64(42(7)8,43(9)10)44(11)12)58-34-30-54(62-58)48(52-28-32-56(49)60-52)26-24-46-21-17-14-18-22-46;/h13-22,27-34,39-44H,1-12H3;/q-2;+2/p+2. The summed E-state index contributed by atoms with van der Waals surface area (Å²) in [6, 6.07) is 28.6. The van der Waals surface area contributed by atoms with Crippen LogP contribution in [0, 0.1) is 46.6 Å². The zero-order valence-electron chi connectivity index (χ0n) is 40.5. The summed E-state index contributed by atoms with van der Waals surface area (Å²) in [5.74, 6) is 21.6. The first-order valence-corrected chi connectivity index (χ1v) is 27.5. The number of hydrogen-bond donors (Lipinski definition) is 0. The molecule has 0 aliphatic carbocycles. The maximum Gasteiger partial charge on any atom is 2.00 e. The Bertz CT molecular complexity index is 2790. The number of aromatic amines is 2. The van der Waals surface area contributed by atoms with Crippen LogP contribution in [-0.4, -0.2) is 39.2 Å². The summed E-state index contributed by atoms with van der Waals surface area (Å²) >= 11 is 0. The Kier molecular flexibility index (Phi) is 15.6. The van der Waals surface area contributed by atoms with Crippen molar-refractivity contribution in [3.8, 4) is 46.6 Å². The minimum Gasteiger partial charge on any atom is -0.655 e. The van der Waals surface area contributed by atoms with Crippen molar-refractivity contribution in [3.05, 3.63) is 141 Å². The number of rotatable bonds is 6. The number of hydrogen-bond acceptors (Lipinski definition) is 0. The summed E-state index contributed by atoms with van der Waals surface area (Å²) < 4.78 is 0. The van der Waals surface area contributed by atoms with E-state index in [0.717, 1.165) is 78.2 Å². The second-order valence-corrected chi connectivity index (χ2v) is 30.2. The molecule has 2 aliphatic rings. The molecule has 7 rings (SSSR count). The van der Waals surface area contributed by atoms with Gasteiger partial charge in [-0.15, -0.1) is 33.2 Å². The van der Waals surface area contributed by atoms with Crippen molar-refractivity contribution in [2.45, 2.75) is 116 Å². The third-order valence-corrected chi connectivity index (χ3v) is 26.1.